The highest BCUT2D eigenvalue weighted by molar-refractivity contribution is 5.86. The van der Waals surface area contributed by atoms with Crippen molar-refractivity contribution in [1.82, 2.24) is 5.32 Å². The van der Waals surface area contributed by atoms with Gasteiger partial charge in [-0.1, -0.05) is 20.3 Å². The van der Waals surface area contributed by atoms with Crippen LogP contribution in [0.1, 0.15) is 33.1 Å². The Morgan fingerprint density at radius 2 is 2.00 bits per heavy atom. The Morgan fingerprint density at radius 3 is 2.41 bits per heavy atom. The van der Waals surface area contributed by atoms with E-state index in [1.165, 1.54) is 7.11 Å². The molecule has 0 saturated heterocycles. The lowest BCUT2D eigenvalue weighted by molar-refractivity contribution is -0.147. The molecule has 5 nitrogen and oxygen atoms in total. The zero-order valence-electron chi connectivity index (χ0n) is 10.7. The third-order valence-electron chi connectivity index (χ3n) is 3.33. The maximum atomic E-state index is 12.0. The van der Waals surface area contributed by atoms with E-state index in [0.29, 0.717) is 0 Å². The minimum absolute atomic E-state index is 0.00373. The van der Waals surface area contributed by atoms with Crippen LogP contribution in [-0.4, -0.2) is 31.1 Å². The zero-order chi connectivity index (χ0) is 13.0. The summed E-state index contributed by atoms with van der Waals surface area (Å²) in [5, 5.41) is 2.75. The fraction of sp³-hybridized carbons (Fsp3) is 0.833. The summed E-state index contributed by atoms with van der Waals surface area (Å²) >= 11 is 0. The van der Waals surface area contributed by atoms with Crippen LogP contribution in [0.15, 0.2) is 0 Å². The number of methoxy groups -OCH3 is 1. The van der Waals surface area contributed by atoms with Gasteiger partial charge in [0.1, 0.15) is 6.04 Å². The minimum atomic E-state index is -0.583. The van der Waals surface area contributed by atoms with Crippen molar-refractivity contribution >= 4 is 11.9 Å². The van der Waals surface area contributed by atoms with Gasteiger partial charge in [0.15, 0.2) is 0 Å². The standard InChI is InChI=1S/C12H22N2O3/c1-7(2)10(12(16)17-3)14-11(15)8-5-4-6-9(8)13/h7-10H,4-6,13H2,1-3H3,(H,14,15). The van der Waals surface area contributed by atoms with Gasteiger partial charge in [0, 0.05) is 6.04 Å². The average Bonchev–Trinajstić information content (AvgIpc) is 2.70. The fourth-order valence-corrected chi connectivity index (χ4v) is 2.20. The van der Waals surface area contributed by atoms with E-state index in [1.807, 2.05) is 13.8 Å². The molecular formula is C12H22N2O3. The second kappa shape index (κ2) is 6.00. The van der Waals surface area contributed by atoms with Crippen LogP contribution in [0.3, 0.4) is 0 Å². The summed E-state index contributed by atoms with van der Waals surface area (Å²) < 4.78 is 4.68. The van der Waals surface area contributed by atoms with Crippen molar-refractivity contribution in [1.29, 1.82) is 0 Å². The third-order valence-corrected chi connectivity index (χ3v) is 3.33. The van der Waals surface area contributed by atoms with Crippen LogP contribution < -0.4 is 11.1 Å². The van der Waals surface area contributed by atoms with Crippen molar-refractivity contribution in [2.45, 2.75) is 45.2 Å². The molecule has 0 aromatic heterocycles. The van der Waals surface area contributed by atoms with Crippen molar-refractivity contribution in [2.24, 2.45) is 17.6 Å². The normalized spacial score (nSPS) is 25.7. The van der Waals surface area contributed by atoms with Crippen molar-refractivity contribution < 1.29 is 14.3 Å². The number of rotatable bonds is 4. The van der Waals surface area contributed by atoms with Gasteiger partial charge in [-0.15, -0.1) is 0 Å². The Labute approximate surface area is 102 Å². The molecule has 0 radical (unpaired) electrons. The molecule has 3 atom stereocenters. The minimum Gasteiger partial charge on any atom is -0.467 e. The number of carbonyl (C=O) groups is 2. The molecule has 0 spiro atoms. The number of hydrogen-bond acceptors (Lipinski definition) is 4. The first kappa shape index (κ1) is 14.0. The summed E-state index contributed by atoms with van der Waals surface area (Å²) in [5.74, 6) is -0.691. The molecule has 1 aliphatic carbocycles. The Kier molecular flexibility index (Phi) is 4.93. The van der Waals surface area contributed by atoms with Crippen molar-refractivity contribution in [2.75, 3.05) is 7.11 Å². The molecule has 1 aliphatic rings. The van der Waals surface area contributed by atoms with Gasteiger partial charge in [-0.3, -0.25) is 4.79 Å². The SMILES string of the molecule is COC(=O)C(NC(=O)C1CCCC1N)C(C)C. The second-order valence-electron chi connectivity index (χ2n) is 4.95. The molecule has 17 heavy (non-hydrogen) atoms. The Balaban J connectivity index is 2.61. The number of ether oxygens (including phenoxy) is 1. The molecule has 1 saturated carbocycles. The van der Waals surface area contributed by atoms with Crippen LogP contribution in [0.4, 0.5) is 0 Å². The molecule has 5 heteroatoms. The molecule has 3 unspecified atom stereocenters. The van der Waals surface area contributed by atoms with E-state index in [4.69, 9.17) is 5.73 Å². The van der Waals surface area contributed by atoms with E-state index in [0.717, 1.165) is 19.3 Å². The number of nitrogens with two attached hydrogens (primary N) is 1. The Morgan fingerprint density at radius 1 is 1.35 bits per heavy atom. The van der Waals surface area contributed by atoms with Crippen LogP contribution in [-0.2, 0) is 14.3 Å². The number of esters is 1. The van der Waals surface area contributed by atoms with Gasteiger partial charge in [-0.25, -0.2) is 4.79 Å². The Bertz CT molecular complexity index is 291. The predicted molar refractivity (Wildman–Crippen MR) is 64.1 cm³/mol. The number of amides is 1. The molecule has 1 rings (SSSR count). The first-order chi connectivity index (χ1) is 7.97. The highest BCUT2D eigenvalue weighted by atomic mass is 16.5. The van der Waals surface area contributed by atoms with Crippen molar-refractivity contribution in [3.63, 3.8) is 0 Å². The number of hydrogen-bond donors (Lipinski definition) is 2. The molecule has 0 aromatic carbocycles. The summed E-state index contributed by atoms with van der Waals surface area (Å²) in [6, 6.07) is -0.666. The van der Waals surface area contributed by atoms with Gasteiger partial charge in [-0.05, 0) is 18.8 Å². The molecule has 0 heterocycles. The van der Waals surface area contributed by atoms with Gasteiger partial charge >= 0.3 is 5.97 Å². The lowest BCUT2D eigenvalue weighted by atomic mass is 10.00. The molecule has 1 amide bonds. The van der Waals surface area contributed by atoms with Gasteiger partial charge in [0.25, 0.3) is 0 Å². The van der Waals surface area contributed by atoms with E-state index in [2.05, 4.69) is 10.1 Å². The topological polar surface area (TPSA) is 81.4 Å². The molecule has 1 fully saturated rings. The van der Waals surface area contributed by atoms with Crippen LogP contribution in [0.25, 0.3) is 0 Å². The van der Waals surface area contributed by atoms with E-state index in [9.17, 15) is 9.59 Å². The maximum Gasteiger partial charge on any atom is 0.328 e. The molecule has 0 aromatic rings. The highest BCUT2D eigenvalue weighted by Gasteiger charge is 2.33. The summed E-state index contributed by atoms with van der Waals surface area (Å²) in [6.45, 7) is 3.74. The van der Waals surface area contributed by atoms with E-state index >= 15 is 0 Å². The van der Waals surface area contributed by atoms with Crippen LogP contribution in [0.5, 0.6) is 0 Å². The van der Waals surface area contributed by atoms with Crippen molar-refractivity contribution in [3.8, 4) is 0 Å². The van der Waals surface area contributed by atoms with Crippen LogP contribution in [0.2, 0.25) is 0 Å². The highest BCUT2D eigenvalue weighted by Crippen LogP contribution is 2.24. The van der Waals surface area contributed by atoms with E-state index < -0.39 is 12.0 Å². The van der Waals surface area contributed by atoms with Gasteiger partial charge in [0.05, 0.1) is 13.0 Å². The second-order valence-corrected chi connectivity index (χ2v) is 4.95. The molecule has 3 N–H and O–H groups in total. The molecule has 0 bridgehead atoms. The lowest BCUT2D eigenvalue weighted by Gasteiger charge is -2.23. The number of carbonyl (C=O) groups excluding carboxylic acids is 2. The summed E-state index contributed by atoms with van der Waals surface area (Å²) in [4.78, 5) is 23.5. The van der Waals surface area contributed by atoms with Crippen LogP contribution in [0, 0.1) is 11.8 Å². The van der Waals surface area contributed by atoms with Crippen molar-refractivity contribution in [3.05, 3.63) is 0 Å². The monoisotopic (exact) mass is 242 g/mol. The Hall–Kier alpha value is -1.10. The summed E-state index contributed by atoms with van der Waals surface area (Å²) in [5.41, 5.74) is 5.86. The zero-order valence-corrected chi connectivity index (χ0v) is 10.7. The van der Waals surface area contributed by atoms with Gasteiger partial charge < -0.3 is 15.8 Å². The smallest absolute Gasteiger partial charge is 0.328 e. The first-order valence-electron chi connectivity index (χ1n) is 6.11. The van der Waals surface area contributed by atoms with E-state index in [-0.39, 0.29) is 23.8 Å². The average molecular weight is 242 g/mol. The third kappa shape index (κ3) is 3.43. The van der Waals surface area contributed by atoms with Gasteiger partial charge in [-0.2, -0.15) is 0 Å². The fourth-order valence-electron chi connectivity index (χ4n) is 2.20. The lowest BCUT2D eigenvalue weighted by Crippen LogP contribution is -2.49. The molecule has 0 aliphatic heterocycles. The van der Waals surface area contributed by atoms with E-state index in [1.54, 1.807) is 0 Å². The number of nitrogens with one attached hydrogen (secondary N) is 1. The van der Waals surface area contributed by atoms with Crippen LogP contribution >= 0.6 is 0 Å². The summed E-state index contributed by atoms with van der Waals surface area (Å²) in [6.07, 6.45) is 2.66. The quantitative estimate of drug-likeness (QED) is 0.700. The predicted octanol–water partition coefficient (Wildman–Crippen LogP) is 0.428. The first-order valence-corrected chi connectivity index (χ1v) is 6.11. The van der Waals surface area contributed by atoms with Gasteiger partial charge in [0.2, 0.25) is 5.91 Å². The molecule has 98 valence electrons. The maximum absolute atomic E-state index is 12.0. The largest absolute Gasteiger partial charge is 0.467 e. The molecular weight excluding hydrogens is 220 g/mol. The summed E-state index contributed by atoms with van der Waals surface area (Å²) in [7, 11) is 1.32.